The van der Waals surface area contributed by atoms with E-state index in [0.717, 1.165) is 19.5 Å². The van der Waals surface area contributed by atoms with Crippen molar-refractivity contribution in [3.05, 3.63) is 5.56 Å². The van der Waals surface area contributed by atoms with E-state index >= 15 is 0 Å². The Balaban J connectivity index is 2.12. The van der Waals surface area contributed by atoms with Crippen molar-refractivity contribution in [3.8, 4) is 0 Å². The normalized spacial score (nSPS) is 25.0. The quantitative estimate of drug-likeness (QED) is 0.745. The van der Waals surface area contributed by atoms with Crippen LogP contribution in [0.25, 0.3) is 0 Å². The summed E-state index contributed by atoms with van der Waals surface area (Å²) in [7, 11) is 2.12. The maximum absolute atomic E-state index is 11.3. The van der Waals surface area contributed by atoms with Crippen LogP contribution in [0.5, 0.6) is 0 Å². The lowest BCUT2D eigenvalue weighted by molar-refractivity contribution is 0.100. The highest BCUT2D eigenvalue weighted by Crippen LogP contribution is 2.29. The van der Waals surface area contributed by atoms with E-state index in [-0.39, 0.29) is 5.82 Å². The Kier molecular flexibility index (Phi) is 3.72. The molecular weight excluding hydrogens is 250 g/mol. The van der Waals surface area contributed by atoms with Gasteiger partial charge in [-0.05, 0) is 37.5 Å². The number of nitrogens with zero attached hydrogens (tertiary/aromatic N) is 2. The topological polar surface area (TPSA) is 97.3 Å². The second kappa shape index (κ2) is 5.11. The number of nitrogen functional groups attached to an aromatic ring is 1. The molecule has 2 atom stereocenters. The average Bonchev–Trinajstić information content (AvgIpc) is 2.64. The zero-order valence-electron chi connectivity index (χ0n) is 10.6. The number of piperidine rings is 1. The molecule has 0 aliphatic carbocycles. The second-order valence-corrected chi connectivity index (χ2v) is 5.69. The molecule has 5 N–H and O–H groups in total. The van der Waals surface area contributed by atoms with Crippen molar-refractivity contribution in [2.45, 2.75) is 19.4 Å². The van der Waals surface area contributed by atoms with Gasteiger partial charge in [-0.25, -0.2) is 0 Å². The van der Waals surface area contributed by atoms with Crippen molar-refractivity contribution < 1.29 is 4.79 Å². The van der Waals surface area contributed by atoms with Crippen LogP contribution in [-0.2, 0) is 0 Å². The van der Waals surface area contributed by atoms with Gasteiger partial charge in [0, 0.05) is 12.6 Å². The summed E-state index contributed by atoms with van der Waals surface area (Å²) in [6.45, 7) is 4.28. The number of hydrogen-bond donors (Lipinski definition) is 3. The first-order valence-corrected chi connectivity index (χ1v) is 6.76. The minimum absolute atomic E-state index is 0.218. The van der Waals surface area contributed by atoms with E-state index in [2.05, 4.69) is 28.6 Å². The summed E-state index contributed by atoms with van der Waals surface area (Å²) in [5, 5.41) is 4.07. The molecule has 1 amide bonds. The summed E-state index contributed by atoms with van der Waals surface area (Å²) in [4.78, 5) is 13.6. The molecule has 1 aliphatic rings. The third kappa shape index (κ3) is 2.56. The number of anilines is 2. The molecule has 0 saturated carbocycles. The minimum Gasteiger partial charge on any atom is -0.382 e. The smallest absolute Gasteiger partial charge is 0.255 e. The Bertz CT molecular complexity index is 447. The van der Waals surface area contributed by atoms with Crippen LogP contribution in [0, 0.1) is 5.92 Å². The molecule has 1 aromatic rings. The average molecular weight is 269 g/mol. The largest absolute Gasteiger partial charge is 0.382 e. The van der Waals surface area contributed by atoms with Crippen LogP contribution in [0.3, 0.4) is 0 Å². The molecule has 2 rings (SSSR count). The number of likely N-dealkylation sites (tertiary alicyclic amines) is 1. The molecule has 6 nitrogen and oxygen atoms in total. The van der Waals surface area contributed by atoms with Crippen LogP contribution in [0.4, 0.5) is 10.8 Å². The predicted molar refractivity (Wildman–Crippen MR) is 73.7 cm³/mol. The Morgan fingerprint density at radius 3 is 2.94 bits per heavy atom. The van der Waals surface area contributed by atoms with Crippen molar-refractivity contribution in [2.24, 2.45) is 11.7 Å². The van der Waals surface area contributed by atoms with Gasteiger partial charge in [0.15, 0.2) is 5.82 Å². The fourth-order valence-corrected chi connectivity index (χ4v) is 3.16. The predicted octanol–water partition coefficient (Wildman–Crippen LogP) is 0.576. The maximum atomic E-state index is 11.3. The van der Waals surface area contributed by atoms with Crippen molar-refractivity contribution in [1.82, 2.24) is 9.27 Å². The number of hydrogen-bond acceptors (Lipinski definition) is 6. The highest BCUT2D eigenvalue weighted by Gasteiger charge is 2.26. The van der Waals surface area contributed by atoms with Crippen LogP contribution in [0.15, 0.2) is 0 Å². The molecule has 1 aromatic heterocycles. The minimum atomic E-state index is -0.524. The molecule has 0 bridgehead atoms. The maximum Gasteiger partial charge on any atom is 0.255 e. The van der Waals surface area contributed by atoms with E-state index in [4.69, 9.17) is 11.5 Å². The van der Waals surface area contributed by atoms with Crippen molar-refractivity contribution in [1.29, 1.82) is 0 Å². The third-order valence-corrected chi connectivity index (χ3v) is 4.18. The highest BCUT2D eigenvalue weighted by molar-refractivity contribution is 7.11. The Morgan fingerprint density at radius 1 is 1.61 bits per heavy atom. The zero-order valence-corrected chi connectivity index (χ0v) is 11.5. The first-order chi connectivity index (χ1) is 8.49. The number of nitrogens with two attached hydrogens (primary N) is 2. The second-order valence-electron chi connectivity index (χ2n) is 4.92. The van der Waals surface area contributed by atoms with Gasteiger partial charge in [0.2, 0.25) is 0 Å². The Hall–Kier alpha value is -1.34. The first kappa shape index (κ1) is 13.1. The molecule has 7 heteroatoms. The van der Waals surface area contributed by atoms with E-state index in [0.29, 0.717) is 22.5 Å². The molecule has 100 valence electrons. The molecule has 1 fully saturated rings. The van der Waals surface area contributed by atoms with Gasteiger partial charge in [-0.3, -0.25) is 4.79 Å². The summed E-state index contributed by atoms with van der Waals surface area (Å²) in [5.74, 6) is 0.202. The first-order valence-electron chi connectivity index (χ1n) is 5.99. The molecule has 1 saturated heterocycles. The summed E-state index contributed by atoms with van der Waals surface area (Å²) in [5.41, 5.74) is 11.3. The standard InChI is InChI=1S/C11H19N5OS/c1-6-5-16(2)4-3-7(6)14-11-8(10(13)17)9(12)15-18-11/h6-7,14H,3-5H2,1-2H3,(H2,12,15)(H2,13,17). The fourth-order valence-electron chi connectivity index (χ4n) is 2.38. The van der Waals surface area contributed by atoms with E-state index in [1.54, 1.807) is 0 Å². The molecule has 0 radical (unpaired) electrons. The molecule has 0 spiro atoms. The molecule has 2 unspecified atom stereocenters. The lowest BCUT2D eigenvalue weighted by atomic mass is 9.94. The van der Waals surface area contributed by atoms with E-state index in [1.165, 1.54) is 11.5 Å². The van der Waals surface area contributed by atoms with Crippen LogP contribution in [0.2, 0.25) is 0 Å². The number of amides is 1. The number of nitrogens with one attached hydrogen (secondary N) is 1. The van der Waals surface area contributed by atoms with Crippen LogP contribution >= 0.6 is 11.5 Å². The van der Waals surface area contributed by atoms with Gasteiger partial charge < -0.3 is 21.7 Å². The molecule has 18 heavy (non-hydrogen) atoms. The fraction of sp³-hybridized carbons (Fsp3) is 0.636. The van der Waals surface area contributed by atoms with E-state index in [9.17, 15) is 4.79 Å². The highest BCUT2D eigenvalue weighted by atomic mass is 32.1. The van der Waals surface area contributed by atoms with Gasteiger partial charge in [0.05, 0.1) is 0 Å². The number of carbonyl (C=O) groups is 1. The van der Waals surface area contributed by atoms with Gasteiger partial charge in [0.25, 0.3) is 5.91 Å². The molecule has 2 heterocycles. The van der Waals surface area contributed by atoms with Crippen molar-refractivity contribution >= 4 is 28.3 Å². The van der Waals surface area contributed by atoms with Gasteiger partial charge in [-0.15, -0.1) is 0 Å². The summed E-state index contributed by atoms with van der Waals surface area (Å²) < 4.78 is 3.99. The van der Waals surface area contributed by atoms with Crippen molar-refractivity contribution in [3.63, 3.8) is 0 Å². The summed E-state index contributed by atoms with van der Waals surface area (Å²) in [6, 6.07) is 0.333. The van der Waals surface area contributed by atoms with E-state index in [1.807, 2.05) is 0 Å². The van der Waals surface area contributed by atoms with Gasteiger partial charge >= 0.3 is 0 Å². The Labute approximate surface area is 110 Å². The van der Waals surface area contributed by atoms with Crippen molar-refractivity contribution in [2.75, 3.05) is 31.2 Å². The molecule has 1 aliphatic heterocycles. The van der Waals surface area contributed by atoms with Crippen LogP contribution in [-0.4, -0.2) is 41.4 Å². The zero-order chi connectivity index (χ0) is 13.3. The van der Waals surface area contributed by atoms with Crippen LogP contribution < -0.4 is 16.8 Å². The Morgan fingerprint density at radius 2 is 2.33 bits per heavy atom. The number of carbonyl (C=O) groups excluding carboxylic acids is 1. The molecule has 0 aromatic carbocycles. The number of primary amides is 1. The van der Waals surface area contributed by atoms with Gasteiger partial charge in [0.1, 0.15) is 10.6 Å². The van der Waals surface area contributed by atoms with E-state index < -0.39 is 5.91 Å². The number of aromatic nitrogens is 1. The lowest BCUT2D eigenvalue weighted by Crippen LogP contribution is -2.43. The van der Waals surface area contributed by atoms with Gasteiger partial charge in [-0.1, -0.05) is 6.92 Å². The lowest BCUT2D eigenvalue weighted by Gasteiger charge is -2.35. The third-order valence-electron chi connectivity index (χ3n) is 3.39. The summed E-state index contributed by atoms with van der Waals surface area (Å²) in [6.07, 6.45) is 1.04. The SMILES string of the molecule is CC1CN(C)CCC1Nc1snc(N)c1C(N)=O. The summed E-state index contributed by atoms with van der Waals surface area (Å²) >= 11 is 1.20. The number of rotatable bonds is 3. The molecular formula is C11H19N5OS. The van der Waals surface area contributed by atoms with Gasteiger partial charge in [-0.2, -0.15) is 4.37 Å². The monoisotopic (exact) mass is 269 g/mol. The van der Waals surface area contributed by atoms with Crippen LogP contribution in [0.1, 0.15) is 23.7 Å².